The number of hydrogen-bond acceptors (Lipinski definition) is 2. The number of ether oxygens (including phenoxy) is 1. The maximum atomic E-state index is 10.7. The molecule has 0 saturated carbocycles. The van der Waals surface area contributed by atoms with Crippen LogP contribution in [0.5, 0.6) is 0 Å². The Morgan fingerprint density at radius 1 is 1.27 bits per heavy atom. The second-order valence-corrected chi connectivity index (χ2v) is 7.29. The van der Waals surface area contributed by atoms with Crippen molar-refractivity contribution in [2.75, 3.05) is 6.35 Å². The number of hydrogen-bond donors (Lipinski definition) is 2. The van der Waals surface area contributed by atoms with Crippen molar-refractivity contribution in [3.63, 3.8) is 0 Å². The van der Waals surface area contributed by atoms with Crippen LogP contribution in [0.15, 0.2) is 41.5 Å². The fraction of sp³-hybridized carbons (Fsp3) is 0.412. The lowest BCUT2D eigenvalue weighted by molar-refractivity contribution is 0.144. The average molecular weight is 324 g/mol. The van der Waals surface area contributed by atoms with Crippen LogP contribution in [0.25, 0.3) is 6.08 Å². The fourth-order valence-corrected chi connectivity index (χ4v) is 2.33. The molecule has 0 aliphatic heterocycles. The zero-order chi connectivity index (χ0) is 16.6. The second-order valence-electron chi connectivity index (χ2n) is 5.70. The van der Waals surface area contributed by atoms with Crippen LogP contribution in [0.2, 0.25) is 0 Å². The Morgan fingerprint density at radius 3 is 2.64 bits per heavy atom. The highest BCUT2D eigenvalue weighted by Gasteiger charge is 2.12. The summed E-state index contributed by atoms with van der Waals surface area (Å²) < 4.78 is 15.8. The summed E-state index contributed by atoms with van der Waals surface area (Å²) in [7, 11) is -4.10. The smallest absolute Gasteiger partial charge is 0.350 e. The molecule has 0 fully saturated rings. The molecule has 5 heteroatoms. The van der Waals surface area contributed by atoms with Crippen molar-refractivity contribution >= 4 is 13.7 Å². The Hall–Kier alpha value is -1.19. The zero-order valence-electron chi connectivity index (χ0n) is 13.5. The first-order valence-electron chi connectivity index (χ1n) is 7.28. The molecule has 1 rings (SSSR count). The van der Waals surface area contributed by atoms with Gasteiger partial charge in [0.25, 0.3) is 0 Å². The quantitative estimate of drug-likeness (QED) is 0.546. The van der Waals surface area contributed by atoms with Crippen molar-refractivity contribution in [1.29, 1.82) is 0 Å². The molecule has 0 heterocycles. The average Bonchev–Trinajstić information content (AvgIpc) is 2.37. The van der Waals surface area contributed by atoms with E-state index in [0.29, 0.717) is 0 Å². The minimum absolute atomic E-state index is 0.198. The second kappa shape index (κ2) is 9.06. The van der Waals surface area contributed by atoms with Gasteiger partial charge in [-0.2, -0.15) is 0 Å². The van der Waals surface area contributed by atoms with E-state index < -0.39 is 13.9 Å². The first-order chi connectivity index (χ1) is 10.3. The van der Waals surface area contributed by atoms with E-state index in [9.17, 15) is 4.57 Å². The highest BCUT2D eigenvalue weighted by molar-refractivity contribution is 7.51. The SMILES string of the molecule is CC(C)=CCC/C(C)=C/c1cccc(COCP(=O)(O)O)c1. The molecular weight excluding hydrogens is 299 g/mol. The van der Waals surface area contributed by atoms with E-state index in [4.69, 9.17) is 14.5 Å². The Kier molecular flexibility index (Phi) is 7.77. The van der Waals surface area contributed by atoms with Crippen molar-refractivity contribution in [2.24, 2.45) is 0 Å². The molecule has 122 valence electrons. The number of benzene rings is 1. The molecule has 22 heavy (non-hydrogen) atoms. The van der Waals surface area contributed by atoms with Crippen molar-refractivity contribution in [2.45, 2.75) is 40.2 Å². The number of rotatable bonds is 8. The van der Waals surface area contributed by atoms with Crippen LogP contribution in [0.3, 0.4) is 0 Å². The van der Waals surface area contributed by atoms with Gasteiger partial charge in [-0.15, -0.1) is 0 Å². The summed E-state index contributed by atoms with van der Waals surface area (Å²) in [5.41, 5.74) is 4.61. The van der Waals surface area contributed by atoms with Crippen LogP contribution in [0.1, 0.15) is 44.7 Å². The van der Waals surface area contributed by atoms with Crippen LogP contribution in [0, 0.1) is 0 Å². The maximum Gasteiger partial charge on any atom is 0.350 e. The minimum atomic E-state index is -4.10. The molecule has 0 amide bonds. The lowest BCUT2D eigenvalue weighted by Crippen LogP contribution is -1.96. The van der Waals surface area contributed by atoms with Gasteiger partial charge in [0.1, 0.15) is 6.35 Å². The highest BCUT2D eigenvalue weighted by Crippen LogP contribution is 2.34. The van der Waals surface area contributed by atoms with Gasteiger partial charge in [-0.3, -0.25) is 4.57 Å². The molecule has 0 saturated heterocycles. The molecular formula is C17H25O4P. The molecule has 0 bridgehead atoms. The summed E-state index contributed by atoms with van der Waals surface area (Å²) in [6.07, 6.45) is 5.86. The lowest BCUT2D eigenvalue weighted by Gasteiger charge is -2.07. The van der Waals surface area contributed by atoms with Crippen LogP contribution in [-0.2, 0) is 15.9 Å². The summed E-state index contributed by atoms with van der Waals surface area (Å²) in [5.74, 6) is 0. The van der Waals surface area contributed by atoms with Gasteiger partial charge >= 0.3 is 7.60 Å². The van der Waals surface area contributed by atoms with E-state index in [0.717, 1.165) is 24.0 Å². The van der Waals surface area contributed by atoms with E-state index in [1.807, 2.05) is 24.3 Å². The standard InChI is InChI=1S/C17H25O4P/c1-14(2)6-4-7-15(3)10-16-8-5-9-17(11-16)12-21-13-22(18,19)20/h5-6,8-11H,4,7,12-13H2,1-3H3,(H2,18,19,20)/b15-10+. The third-order valence-corrected chi connectivity index (χ3v) is 3.50. The normalized spacial score (nSPS) is 12.3. The van der Waals surface area contributed by atoms with Crippen molar-refractivity contribution < 1.29 is 19.1 Å². The Balaban J connectivity index is 2.59. The zero-order valence-corrected chi connectivity index (χ0v) is 14.3. The summed E-state index contributed by atoms with van der Waals surface area (Å²) in [4.78, 5) is 17.5. The topological polar surface area (TPSA) is 66.8 Å². The van der Waals surface area contributed by atoms with Gasteiger partial charge in [0.15, 0.2) is 0 Å². The van der Waals surface area contributed by atoms with Crippen LogP contribution in [-0.4, -0.2) is 16.1 Å². The molecule has 2 N–H and O–H groups in total. The molecule has 0 atom stereocenters. The first kappa shape index (κ1) is 18.9. The Morgan fingerprint density at radius 2 is 2.00 bits per heavy atom. The van der Waals surface area contributed by atoms with Crippen LogP contribution >= 0.6 is 7.60 Å². The molecule has 1 aromatic carbocycles. The fourth-order valence-electron chi connectivity index (χ4n) is 2.00. The van der Waals surface area contributed by atoms with Crippen molar-refractivity contribution in [3.05, 3.63) is 52.6 Å². The monoisotopic (exact) mass is 324 g/mol. The molecule has 0 radical (unpaired) electrons. The summed E-state index contributed by atoms with van der Waals surface area (Å²) >= 11 is 0. The first-order valence-corrected chi connectivity index (χ1v) is 9.08. The van der Waals surface area contributed by atoms with E-state index in [2.05, 4.69) is 32.9 Å². The van der Waals surface area contributed by atoms with Gasteiger partial charge in [-0.1, -0.05) is 41.5 Å². The Bertz CT molecular complexity index is 580. The van der Waals surface area contributed by atoms with Crippen LogP contribution < -0.4 is 0 Å². The van der Waals surface area contributed by atoms with Gasteiger partial charge in [0, 0.05) is 0 Å². The third-order valence-electron chi connectivity index (χ3n) is 2.98. The maximum absolute atomic E-state index is 10.7. The van der Waals surface area contributed by atoms with Crippen molar-refractivity contribution in [3.8, 4) is 0 Å². The molecule has 0 aromatic heterocycles. The van der Waals surface area contributed by atoms with E-state index in [-0.39, 0.29) is 6.61 Å². The Labute approximate surface area is 132 Å². The lowest BCUT2D eigenvalue weighted by atomic mass is 10.1. The molecule has 1 aromatic rings. The molecule has 0 aliphatic carbocycles. The third kappa shape index (κ3) is 8.96. The summed E-state index contributed by atoms with van der Waals surface area (Å²) in [6.45, 7) is 6.50. The summed E-state index contributed by atoms with van der Waals surface area (Å²) in [5, 5.41) is 0. The van der Waals surface area contributed by atoms with Gasteiger partial charge in [0.2, 0.25) is 0 Å². The largest absolute Gasteiger partial charge is 0.364 e. The highest BCUT2D eigenvalue weighted by atomic mass is 31.2. The molecule has 0 unspecified atom stereocenters. The minimum Gasteiger partial charge on any atom is -0.364 e. The van der Waals surface area contributed by atoms with Gasteiger partial charge < -0.3 is 14.5 Å². The molecule has 0 aliphatic rings. The van der Waals surface area contributed by atoms with Crippen molar-refractivity contribution in [1.82, 2.24) is 0 Å². The number of allylic oxidation sites excluding steroid dienone is 3. The van der Waals surface area contributed by atoms with E-state index in [1.165, 1.54) is 11.1 Å². The predicted octanol–water partition coefficient (Wildman–Crippen LogP) is 4.49. The van der Waals surface area contributed by atoms with Gasteiger partial charge in [0.05, 0.1) is 6.61 Å². The van der Waals surface area contributed by atoms with E-state index >= 15 is 0 Å². The molecule has 0 spiro atoms. The van der Waals surface area contributed by atoms with Gasteiger partial charge in [-0.05, 0) is 50.8 Å². The van der Waals surface area contributed by atoms with E-state index in [1.54, 1.807) is 0 Å². The predicted molar refractivity (Wildman–Crippen MR) is 90.5 cm³/mol. The van der Waals surface area contributed by atoms with Gasteiger partial charge in [-0.25, -0.2) is 0 Å². The van der Waals surface area contributed by atoms with Crippen LogP contribution in [0.4, 0.5) is 0 Å². The summed E-state index contributed by atoms with van der Waals surface area (Å²) in [6, 6.07) is 7.79. The molecule has 4 nitrogen and oxygen atoms in total.